The lowest BCUT2D eigenvalue weighted by atomic mass is 10.2. The van der Waals surface area contributed by atoms with Gasteiger partial charge in [0.25, 0.3) is 0 Å². The van der Waals surface area contributed by atoms with Crippen LogP contribution in [0.4, 0.5) is 8.78 Å². The summed E-state index contributed by atoms with van der Waals surface area (Å²) in [5.74, 6) is 0.647. The van der Waals surface area contributed by atoms with Crippen molar-refractivity contribution in [2.75, 3.05) is 33.4 Å². The average molecular weight is 505 g/mol. The summed E-state index contributed by atoms with van der Waals surface area (Å²) >= 11 is 0. The molecule has 0 saturated heterocycles. The van der Waals surface area contributed by atoms with Crippen LogP contribution in [0.15, 0.2) is 47.5 Å². The summed E-state index contributed by atoms with van der Waals surface area (Å²) in [4.78, 5) is 4.11. The van der Waals surface area contributed by atoms with Gasteiger partial charge in [0.15, 0.2) is 29.0 Å². The van der Waals surface area contributed by atoms with Gasteiger partial charge >= 0.3 is 0 Å². The van der Waals surface area contributed by atoms with Crippen LogP contribution < -0.4 is 24.8 Å². The Morgan fingerprint density at radius 3 is 2.71 bits per heavy atom. The predicted molar refractivity (Wildman–Crippen MR) is 113 cm³/mol. The SMILES string of the molecule is CN=C(NCCOc1ccc(F)cc1F)NCC1COc2ccccc2O1.I. The Bertz CT molecular complexity index is 808. The van der Waals surface area contributed by atoms with E-state index in [0.29, 0.717) is 31.4 Å². The fraction of sp³-hybridized carbons (Fsp3) is 0.316. The second-order valence-corrected chi connectivity index (χ2v) is 5.80. The molecule has 0 fully saturated rings. The molecule has 1 unspecified atom stereocenters. The first kappa shape index (κ1) is 22.0. The van der Waals surface area contributed by atoms with Crippen molar-refractivity contribution in [3.05, 3.63) is 54.1 Å². The minimum atomic E-state index is -0.729. The molecule has 28 heavy (non-hydrogen) atoms. The van der Waals surface area contributed by atoms with E-state index in [1.165, 1.54) is 6.07 Å². The number of ether oxygens (including phenoxy) is 3. The van der Waals surface area contributed by atoms with Crippen LogP contribution in [0.2, 0.25) is 0 Å². The lowest BCUT2D eigenvalue weighted by Crippen LogP contribution is -2.46. The molecule has 6 nitrogen and oxygen atoms in total. The van der Waals surface area contributed by atoms with E-state index in [2.05, 4.69) is 15.6 Å². The summed E-state index contributed by atoms with van der Waals surface area (Å²) in [5, 5.41) is 6.19. The van der Waals surface area contributed by atoms with Crippen molar-refractivity contribution in [2.45, 2.75) is 6.10 Å². The zero-order valence-electron chi connectivity index (χ0n) is 15.3. The van der Waals surface area contributed by atoms with Crippen molar-refractivity contribution >= 4 is 29.9 Å². The number of benzene rings is 2. The molecule has 1 atom stereocenters. The molecule has 0 amide bonds. The van der Waals surface area contributed by atoms with Crippen molar-refractivity contribution in [2.24, 2.45) is 4.99 Å². The Morgan fingerprint density at radius 2 is 1.96 bits per heavy atom. The van der Waals surface area contributed by atoms with E-state index in [1.807, 2.05) is 24.3 Å². The molecule has 1 heterocycles. The van der Waals surface area contributed by atoms with Crippen LogP contribution >= 0.6 is 24.0 Å². The van der Waals surface area contributed by atoms with E-state index in [9.17, 15) is 8.78 Å². The second-order valence-electron chi connectivity index (χ2n) is 5.80. The van der Waals surface area contributed by atoms with Crippen molar-refractivity contribution in [1.29, 1.82) is 0 Å². The van der Waals surface area contributed by atoms with Gasteiger partial charge in [-0.1, -0.05) is 12.1 Å². The Balaban J connectivity index is 0.00000280. The molecule has 2 aromatic rings. The molecular weight excluding hydrogens is 483 g/mol. The minimum Gasteiger partial charge on any atom is -0.489 e. The number of rotatable bonds is 6. The number of fused-ring (bicyclic) bond motifs is 1. The fourth-order valence-electron chi connectivity index (χ4n) is 2.52. The fourth-order valence-corrected chi connectivity index (χ4v) is 2.52. The zero-order chi connectivity index (χ0) is 19.1. The quantitative estimate of drug-likeness (QED) is 0.274. The molecule has 9 heteroatoms. The number of halogens is 3. The molecule has 0 bridgehead atoms. The van der Waals surface area contributed by atoms with Gasteiger partial charge in [-0.15, -0.1) is 24.0 Å². The number of nitrogens with one attached hydrogen (secondary N) is 2. The van der Waals surface area contributed by atoms with Gasteiger partial charge < -0.3 is 24.8 Å². The third kappa shape index (κ3) is 6.11. The van der Waals surface area contributed by atoms with Gasteiger partial charge in [0.2, 0.25) is 0 Å². The summed E-state index contributed by atoms with van der Waals surface area (Å²) in [6.45, 7) is 1.52. The van der Waals surface area contributed by atoms with Gasteiger partial charge in [0.1, 0.15) is 25.1 Å². The Hall–Kier alpha value is -2.30. The first-order valence-electron chi connectivity index (χ1n) is 8.56. The highest BCUT2D eigenvalue weighted by atomic mass is 127. The van der Waals surface area contributed by atoms with E-state index in [4.69, 9.17) is 14.2 Å². The van der Waals surface area contributed by atoms with Crippen molar-refractivity contribution in [3.63, 3.8) is 0 Å². The maximum absolute atomic E-state index is 13.5. The van der Waals surface area contributed by atoms with E-state index in [-0.39, 0.29) is 42.4 Å². The Kier molecular flexibility index (Phi) is 8.55. The lowest BCUT2D eigenvalue weighted by molar-refractivity contribution is 0.0936. The van der Waals surface area contributed by atoms with Crippen molar-refractivity contribution in [3.8, 4) is 17.2 Å². The standard InChI is InChI=1S/C19H21F2N3O3.HI/c1-22-19(23-8-9-25-16-7-6-13(20)10-15(16)21)24-11-14-12-26-17-4-2-3-5-18(17)27-14;/h2-7,10,14H,8-9,11-12H2,1H3,(H2,22,23,24);1H. The van der Waals surface area contributed by atoms with E-state index in [0.717, 1.165) is 17.9 Å². The second kappa shape index (κ2) is 10.9. The maximum atomic E-state index is 13.5. The zero-order valence-corrected chi connectivity index (χ0v) is 17.6. The molecule has 2 aromatic carbocycles. The Morgan fingerprint density at radius 1 is 1.18 bits per heavy atom. The van der Waals surface area contributed by atoms with E-state index >= 15 is 0 Å². The smallest absolute Gasteiger partial charge is 0.191 e. The van der Waals surface area contributed by atoms with Gasteiger partial charge in [-0.2, -0.15) is 0 Å². The van der Waals surface area contributed by atoms with Crippen LogP contribution in [0.25, 0.3) is 0 Å². The van der Waals surface area contributed by atoms with Crippen LogP contribution in [0.3, 0.4) is 0 Å². The maximum Gasteiger partial charge on any atom is 0.191 e. The first-order chi connectivity index (χ1) is 13.2. The third-order valence-corrected chi connectivity index (χ3v) is 3.83. The highest BCUT2D eigenvalue weighted by Gasteiger charge is 2.20. The first-order valence-corrected chi connectivity index (χ1v) is 8.56. The summed E-state index contributed by atoms with van der Waals surface area (Å²) in [6, 6.07) is 10.7. The van der Waals surface area contributed by atoms with Crippen LogP contribution in [-0.2, 0) is 0 Å². The number of hydrogen-bond donors (Lipinski definition) is 2. The minimum absolute atomic E-state index is 0. The van der Waals surface area contributed by atoms with Crippen LogP contribution in [0, 0.1) is 11.6 Å². The summed E-state index contributed by atoms with van der Waals surface area (Å²) in [5.41, 5.74) is 0. The van der Waals surface area contributed by atoms with Crippen LogP contribution in [0.1, 0.15) is 0 Å². The topological polar surface area (TPSA) is 64.1 Å². The molecule has 0 aliphatic carbocycles. The van der Waals surface area contributed by atoms with Crippen molar-refractivity contribution in [1.82, 2.24) is 10.6 Å². The van der Waals surface area contributed by atoms with E-state index in [1.54, 1.807) is 7.05 Å². The molecular formula is C19H22F2IN3O3. The van der Waals surface area contributed by atoms with Crippen LogP contribution in [0.5, 0.6) is 17.2 Å². The largest absolute Gasteiger partial charge is 0.489 e. The summed E-state index contributed by atoms with van der Waals surface area (Å²) in [6.07, 6.45) is -0.150. The molecule has 1 aliphatic rings. The molecule has 0 radical (unpaired) electrons. The monoisotopic (exact) mass is 505 g/mol. The molecule has 0 aromatic heterocycles. The number of aliphatic imine (C=N–C) groups is 1. The predicted octanol–water partition coefficient (Wildman–Crippen LogP) is 2.97. The molecule has 2 N–H and O–H groups in total. The van der Waals surface area contributed by atoms with Gasteiger partial charge in [-0.25, -0.2) is 8.78 Å². The molecule has 0 saturated carbocycles. The third-order valence-electron chi connectivity index (χ3n) is 3.83. The van der Waals surface area contributed by atoms with Gasteiger partial charge in [0.05, 0.1) is 13.1 Å². The lowest BCUT2D eigenvalue weighted by Gasteiger charge is -2.27. The molecule has 152 valence electrons. The van der Waals surface area contributed by atoms with Gasteiger partial charge in [-0.05, 0) is 24.3 Å². The van der Waals surface area contributed by atoms with Crippen LogP contribution in [-0.4, -0.2) is 45.4 Å². The average Bonchev–Trinajstić information content (AvgIpc) is 2.68. The summed E-state index contributed by atoms with van der Waals surface area (Å²) in [7, 11) is 1.64. The highest BCUT2D eigenvalue weighted by Crippen LogP contribution is 2.30. The number of hydrogen-bond acceptors (Lipinski definition) is 4. The number of guanidine groups is 1. The molecule has 0 spiro atoms. The number of nitrogens with zero attached hydrogens (tertiary/aromatic N) is 1. The molecule has 3 rings (SSSR count). The van der Waals surface area contributed by atoms with Gasteiger partial charge in [0, 0.05) is 13.1 Å². The van der Waals surface area contributed by atoms with Crippen molar-refractivity contribution < 1.29 is 23.0 Å². The number of para-hydroxylation sites is 2. The molecule has 1 aliphatic heterocycles. The normalized spacial score (nSPS) is 15.4. The van der Waals surface area contributed by atoms with E-state index < -0.39 is 11.6 Å². The Labute approximate surface area is 179 Å². The van der Waals surface area contributed by atoms with Gasteiger partial charge in [-0.3, -0.25) is 4.99 Å². The summed E-state index contributed by atoms with van der Waals surface area (Å²) < 4.78 is 43.2. The highest BCUT2D eigenvalue weighted by molar-refractivity contribution is 14.0.